The Hall–Kier alpha value is -4.20. The number of fused-ring (bicyclic) bond motifs is 5. The molecule has 4 aliphatic heterocycles. The molecule has 3 saturated heterocycles. The van der Waals surface area contributed by atoms with Crippen LogP contribution in [-0.2, 0) is 54.1 Å². The van der Waals surface area contributed by atoms with Gasteiger partial charge in [0.05, 0.1) is 49.8 Å². The lowest BCUT2D eigenvalue weighted by molar-refractivity contribution is -0.162. The number of epoxide rings is 1. The van der Waals surface area contributed by atoms with Gasteiger partial charge >= 0.3 is 12.1 Å². The van der Waals surface area contributed by atoms with Gasteiger partial charge in [-0.2, -0.15) is 0 Å². The molecule has 1 unspecified atom stereocenters. The molecular formula is C44H61ClN4O13S. The van der Waals surface area contributed by atoms with Crippen molar-refractivity contribution in [3.63, 3.8) is 0 Å². The zero-order valence-corrected chi connectivity index (χ0v) is 39.2. The maximum Gasteiger partial charge on any atom is 0.409 e. The van der Waals surface area contributed by atoms with Crippen molar-refractivity contribution in [3.05, 3.63) is 46.5 Å². The average Bonchev–Trinajstić information content (AvgIpc) is 3.85. The van der Waals surface area contributed by atoms with Gasteiger partial charge in [0.1, 0.15) is 40.7 Å². The molecule has 5 amide bonds. The number of hydrogen-bond donors (Lipinski definition) is 2. The summed E-state index contributed by atoms with van der Waals surface area (Å²) in [6, 6.07) is 2.44. The smallest absolute Gasteiger partial charge is 0.409 e. The summed E-state index contributed by atoms with van der Waals surface area (Å²) in [5, 5.41) is 13.9. The molecule has 5 rings (SSSR count). The molecular weight excluding hydrogens is 860 g/mol. The van der Waals surface area contributed by atoms with E-state index in [2.05, 4.69) is 5.32 Å². The number of nitrogens with zero attached hydrogens (tertiary/aromatic N) is 3. The number of alkyl carbamates (subject to hydrolysis) is 1. The number of allylic oxidation sites excluding steroid dienone is 3. The van der Waals surface area contributed by atoms with Crippen LogP contribution in [0.2, 0.25) is 5.02 Å². The highest BCUT2D eigenvalue weighted by molar-refractivity contribution is 8.00. The fourth-order valence-corrected chi connectivity index (χ4v) is 9.50. The molecule has 1 aromatic rings. The summed E-state index contributed by atoms with van der Waals surface area (Å²) in [5.41, 5.74) is -1.11. The molecule has 4 aliphatic rings. The third kappa shape index (κ3) is 11.6. The number of thioether (sulfide) groups is 1. The molecule has 0 saturated carbocycles. The quantitative estimate of drug-likeness (QED) is 0.162. The number of aliphatic hydroxyl groups is 1. The number of anilines is 1. The number of halogens is 1. The first-order valence-electron chi connectivity index (χ1n) is 21.1. The third-order valence-corrected chi connectivity index (χ3v) is 13.7. The molecule has 0 spiro atoms. The number of esters is 1. The van der Waals surface area contributed by atoms with Crippen LogP contribution in [0.5, 0.6) is 5.75 Å². The monoisotopic (exact) mass is 920 g/mol. The van der Waals surface area contributed by atoms with E-state index >= 15 is 0 Å². The zero-order valence-electron chi connectivity index (χ0n) is 37.6. The fourth-order valence-electron chi connectivity index (χ4n) is 8.08. The number of amides is 5. The van der Waals surface area contributed by atoms with Gasteiger partial charge in [-0.25, -0.2) is 9.59 Å². The van der Waals surface area contributed by atoms with E-state index in [1.165, 1.54) is 54.7 Å². The molecule has 17 nitrogen and oxygen atoms in total. The van der Waals surface area contributed by atoms with Gasteiger partial charge in [0, 0.05) is 52.1 Å². The van der Waals surface area contributed by atoms with E-state index in [1.54, 1.807) is 45.2 Å². The summed E-state index contributed by atoms with van der Waals surface area (Å²) in [5.74, 6) is -2.31. The van der Waals surface area contributed by atoms with Gasteiger partial charge in [0.15, 0.2) is 5.72 Å². The molecule has 348 valence electrons. The molecule has 0 aliphatic carbocycles. The Morgan fingerprint density at radius 2 is 1.84 bits per heavy atom. The molecule has 4 heterocycles. The van der Waals surface area contributed by atoms with Crippen LogP contribution in [0.4, 0.5) is 10.5 Å². The van der Waals surface area contributed by atoms with E-state index in [1.807, 2.05) is 26.8 Å². The second-order valence-corrected chi connectivity index (χ2v) is 18.7. The van der Waals surface area contributed by atoms with E-state index in [4.69, 9.17) is 40.0 Å². The van der Waals surface area contributed by atoms with E-state index in [9.17, 15) is 33.9 Å². The lowest BCUT2D eigenvalue weighted by Crippen LogP contribution is -2.63. The number of carbonyl (C=O) groups excluding carboxylic acids is 6. The van der Waals surface area contributed by atoms with Crippen LogP contribution in [0.3, 0.4) is 0 Å². The molecule has 2 N–H and O–H groups in total. The number of likely N-dealkylation sites (tertiary alicyclic amines) is 1. The lowest BCUT2D eigenvalue weighted by Gasteiger charge is -2.42. The van der Waals surface area contributed by atoms with Crippen LogP contribution in [0.1, 0.15) is 72.8 Å². The lowest BCUT2D eigenvalue weighted by atomic mass is 9.83. The maximum absolute atomic E-state index is 14.3. The van der Waals surface area contributed by atoms with Crippen LogP contribution >= 0.6 is 23.4 Å². The van der Waals surface area contributed by atoms with Gasteiger partial charge < -0.3 is 43.3 Å². The largest absolute Gasteiger partial charge is 0.495 e. The first-order chi connectivity index (χ1) is 29.6. The fraction of sp³-hybridized carbons (Fsp3) is 0.636. The number of benzene rings is 1. The highest BCUT2D eigenvalue weighted by Gasteiger charge is 2.64. The first kappa shape index (κ1) is 49.8. The Labute approximate surface area is 378 Å². The molecule has 1 aromatic carbocycles. The maximum atomic E-state index is 14.3. The van der Waals surface area contributed by atoms with Crippen molar-refractivity contribution in [2.45, 2.75) is 127 Å². The molecule has 63 heavy (non-hydrogen) atoms. The number of methoxy groups -OCH3 is 2. The first-order valence-corrected chi connectivity index (χ1v) is 22.5. The van der Waals surface area contributed by atoms with Crippen molar-refractivity contribution in [1.82, 2.24) is 15.1 Å². The molecule has 4 bridgehead atoms. The van der Waals surface area contributed by atoms with Crippen molar-refractivity contribution in [2.24, 2.45) is 5.92 Å². The molecule has 3 fully saturated rings. The number of likely N-dealkylation sites (N-methyl/N-ethyl adjacent to an activating group) is 1. The Morgan fingerprint density at radius 3 is 2.51 bits per heavy atom. The van der Waals surface area contributed by atoms with Gasteiger partial charge in [0.25, 0.3) is 0 Å². The SMILES string of the molecule is COc1cc2cc(c1Cl)N(C)C(=O)C[C@H](OC(=O)[C@H](C)N(C)C(=O)CCSC1CC(=O)N(CCOC(C)C)C1=O)[C@]1(C)O[C@H]1[C@H](C)[C@@H]1C[C@@](O)(NC(=O)O1)[C@H](OC)/C=C/C=C(\C)C2. The van der Waals surface area contributed by atoms with Gasteiger partial charge in [-0.05, 0) is 58.7 Å². The van der Waals surface area contributed by atoms with E-state index in [-0.39, 0.29) is 67.5 Å². The zero-order chi connectivity index (χ0) is 46.6. The highest BCUT2D eigenvalue weighted by atomic mass is 35.5. The van der Waals surface area contributed by atoms with Crippen LogP contribution in [0.15, 0.2) is 35.9 Å². The minimum absolute atomic E-state index is 0.0278. The van der Waals surface area contributed by atoms with Crippen LogP contribution < -0.4 is 15.0 Å². The molecule has 9 atom stereocenters. The number of rotatable bonds is 13. The van der Waals surface area contributed by atoms with Gasteiger partial charge in [-0.3, -0.25) is 29.4 Å². The van der Waals surface area contributed by atoms with Crippen molar-refractivity contribution >= 4 is 64.7 Å². The number of carbonyl (C=O) groups is 6. The molecule has 19 heteroatoms. The number of imide groups is 1. The standard InChI is InChI=1S/C44H61ClN4O13S/c1-24(2)59-16-15-49-37(52)21-32(40(49)53)63-17-14-35(50)47(7)27(5)41(54)61-34-22-36(51)48(8)29-19-28(20-30(57-9)38(29)45)18-25(3)12-11-13-33(58-10)44(56)23-31(60-42(55)46-44)26(4)39-43(34,6)62-39/h11-13,19-20,24,26-27,31-34,39,56H,14-18,21-23H2,1-10H3,(H,46,55)/b13-11+,25-12+/t26-,27+,31+,32?,33-,34+,39+,43+,44+/m1/s1. The van der Waals surface area contributed by atoms with Crippen molar-refractivity contribution < 1.29 is 62.3 Å². The summed E-state index contributed by atoms with van der Waals surface area (Å²) >= 11 is 8.00. The van der Waals surface area contributed by atoms with Crippen LogP contribution in [0, 0.1) is 5.92 Å². The van der Waals surface area contributed by atoms with E-state index in [0.717, 1.165) is 11.1 Å². The van der Waals surface area contributed by atoms with E-state index in [0.29, 0.717) is 17.9 Å². The molecule has 0 radical (unpaired) electrons. The summed E-state index contributed by atoms with van der Waals surface area (Å²) in [6.45, 7) is 11.0. The van der Waals surface area contributed by atoms with Gasteiger partial charge in [-0.1, -0.05) is 42.3 Å². The third-order valence-electron chi connectivity index (χ3n) is 12.1. The summed E-state index contributed by atoms with van der Waals surface area (Å²) in [4.78, 5) is 83.8. The predicted molar refractivity (Wildman–Crippen MR) is 234 cm³/mol. The summed E-state index contributed by atoms with van der Waals surface area (Å²) in [7, 11) is 5.90. The minimum atomic E-state index is -1.86. The van der Waals surface area contributed by atoms with Gasteiger partial charge in [0.2, 0.25) is 23.6 Å². The Morgan fingerprint density at radius 1 is 1.13 bits per heavy atom. The summed E-state index contributed by atoms with van der Waals surface area (Å²) in [6.07, 6.45) is 0.491. The number of hydrogen-bond acceptors (Lipinski definition) is 14. The number of ether oxygens (including phenoxy) is 6. The Kier molecular flexibility index (Phi) is 16.4. The predicted octanol–water partition coefficient (Wildman–Crippen LogP) is 4.19. The normalized spacial score (nSPS) is 30.8. The second kappa shape index (κ2) is 20.7. The van der Waals surface area contributed by atoms with Crippen LogP contribution in [-0.4, -0.2) is 151 Å². The van der Waals surface area contributed by atoms with E-state index < -0.39 is 76.8 Å². The molecule has 0 aromatic heterocycles. The topological polar surface area (TPSA) is 203 Å². The van der Waals surface area contributed by atoms with Crippen molar-refractivity contribution in [3.8, 4) is 5.75 Å². The van der Waals surface area contributed by atoms with Crippen molar-refractivity contribution in [1.29, 1.82) is 0 Å². The highest BCUT2D eigenvalue weighted by Crippen LogP contribution is 2.49. The average molecular weight is 922 g/mol. The minimum Gasteiger partial charge on any atom is -0.495 e. The second-order valence-electron chi connectivity index (χ2n) is 17.0. The Balaban J connectivity index is 1.36. The van der Waals surface area contributed by atoms with Gasteiger partial charge in [-0.15, -0.1) is 11.8 Å². The Bertz CT molecular complexity index is 1980. The summed E-state index contributed by atoms with van der Waals surface area (Å²) < 4.78 is 34.8. The van der Waals surface area contributed by atoms with Crippen molar-refractivity contribution in [2.75, 3.05) is 52.1 Å². The van der Waals surface area contributed by atoms with Crippen LogP contribution in [0.25, 0.3) is 0 Å². The number of nitrogens with one attached hydrogen (secondary N) is 1.